The summed E-state index contributed by atoms with van der Waals surface area (Å²) in [5.41, 5.74) is 1.57. The zero-order chi connectivity index (χ0) is 14.8. The molecule has 0 saturated carbocycles. The lowest BCUT2D eigenvalue weighted by Crippen LogP contribution is -2.30. The Kier molecular flexibility index (Phi) is 6.82. The van der Waals surface area contributed by atoms with Crippen LogP contribution in [0.4, 0.5) is 0 Å². The average Bonchev–Trinajstić information content (AvgIpc) is 2.49. The number of hydrogen-bond donors (Lipinski definition) is 1. The molecular weight excluding hydrogens is 254 g/mol. The van der Waals surface area contributed by atoms with E-state index in [0.29, 0.717) is 12.0 Å². The van der Waals surface area contributed by atoms with Crippen molar-refractivity contribution in [3.8, 4) is 0 Å². The first-order chi connectivity index (χ1) is 9.63. The molecule has 0 bridgehead atoms. The first-order valence-electron chi connectivity index (χ1n) is 6.38. The number of rotatable bonds is 7. The summed E-state index contributed by atoms with van der Waals surface area (Å²) in [5, 5.41) is 2.45. The summed E-state index contributed by atoms with van der Waals surface area (Å²) < 4.78 is 4.43. The maximum absolute atomic E-state index is 11.6. The summed E-state index contributed by atoms with van der Waals surface area (Å²) in [6.07, 6.45) is 5.27. The van der Waals surface area contributed by atoms with Crippen LogP contribution >= 0.6 is 0 Å². The van der Waals surface area contributed by atoms with Crippen LogP contribution in [0.25, 0.3) is 6.08 Å². The smallest absolute Gasteiger partial charge is 0.325 e. The van der Waals surface area contributed by atoms with Gasteiger partial charge in [0.25, 0.3) is 0 Å². The number of amides is 1. The zero-order valence-corrected chi connectivity index (χ0v) is 11.6. The molecule has 0 atom stereocenters. The van der Waals surface area contributed by atoms with E-state index in [2.05, 4.69) is 16.6 Å². The maximum Gasteiger partial charge on any atom is 0.325 e. The van der Waals surface area contributed by atoms with Gasteiger partial charge < -0.3 is 10.1 Å². The van der Waals surface area contributed by atoms with Crippen molar-refractivity contribution < 1.29 is 14.3 Å². The SMILES string of the molecule is C=C(CC/C=C/c1ccccc1)C(=O)NCC(=O)OC. The summed E-state index contributed by atoms with van der Waals surface area (Å²) in [5.74, 6) is -0.793. The number of ether oxygens (including phenoxy) is 1. The third-order valence-corrected chi connectivity index (χ3v) is 2.66. The molecule has 0 aliphatic rings. The second-order valence-electron chi connectivity index (χ2n) is 4.21. The third kappa shape index (κ3) is 6.00. The number of nitrogens with one attached hydrogen (secondary N) is 1. The summed E-state index contributed by atoms with van der Waals surface area (Å²) in [6, 6.07) is 9.92. The van der Waals surface area contributed by atoms with Crippen LogP contribution in [-0.2, 0) is 14.3 Å². The number of allylic oxidation sites excluding steroid dienone is 1. The van der Waals surface area contributed by atoms with Gasteiger partial charge in [0.05, 0.1) is 7.11 Å². The van der Waals surface area contributed by atoms with Crippen molar-refractivity contribution >= 4 is 18.0 Å². The van der Waals surface area contributed by atoms with E-state index in [0.717, 1.165) is 12.0 Å². The molecule has 0 unspecified atom stereocenters. The molecule has 1 aromatic carbocycles. The van der Waals surface area contributed by atoms with Gasteiger partial charge in [-0.25, -0.2) is 0 Å². The molecule has 20 heavy (non-hydrogen) atoms. The van der Waals surface area contributed by atoms with E-state index >= 15 is 0 Å². The van der Waals surface area contributed by atoms with Gasteiger partial charge in [0.15, 0.2) is 0 Å². The van der Waals surface area contributed by atoms with Crippen LogP contribution in [0.1, 0.15) is 18.4 Å². The van der Waals surface area contributed by atoms with Crippen molar-refractivity contribution in [3.63, 3.8) is 0 Å². The molecule has 0 aliphatic heterocycles. The predicted molar refractivity (Wildman–Crippen MR) is 78.9 cm³/mol. The summed E-state index contributed by atoms with van der Waals surface area (Å²) in [4.78, 5) is 22.5. The number of carbonyl (C=O) groups excluding carboxylic acids is 2. The van der Waals surface area contributed by atoms with Gasteiger partial charge in [-0.05, 0) is 18.4 Å². The predicted octanol–water partition coefficient (Wildman–Crippen LogP) is 2.33. The topological polar surface area (TPSA) is 55.4 Å². The number of methoxy groups -OCH3 is 1. The first-order valence-corrected chi connectivity index (χ1v) is 6.38. The van der Waals surface area contributed by atoms with Gasteiger partial charge in [-0.15, -0.1) is 0 Å². The molecule has 0 aliphatic carbocycles. The normalized spacial score (nSPS) is 10.2. The molecule has 0 saturated heterocycles. The number of carbonyl (C=O) groups is 2. The quantitative estimate of drug-likeness (QED) is 0.612. The fourth-order valence-corrected chi connectivity index (χ4v) is 1.50. The van der Waals surface area contributed by atoms with Crippen molar-refractivity contribution in [2.24, 2.45) is 0 Å². The molecule has 1 aromatic rings. The van der Waals surface area contributed by atoms with E-state index < -0.39 is 5.97 Å². The highest BCUT2D eigenvalue weighted by atomic mass is 16.5. The Labute approximate surface area is 119 Å². The monoisotopic (exact) mass is 273 g/mol. The molecule has 0 heterocycles. The number of benzene rings is 1. The molecule has 1 amide bonds. The van der Waals surface area contributed by atoms with E-state index in [-0.39, 0.29) is 12.5 Å². The molecule has 1 rings (SSSR count). The largest absolute Gasteiger partial charge is 0.468 e. The lowest BCUT2D eigenvalue weighted by Gasteiger charge is -2.05. The van der Waals surface area contributed by atoms with Crippen LogP contribution < -0.4 is 5.32 Å². The van der Waals surface area contributed by atoms with Gasteiger partial charge in [0.2, 0.25) is 5.91 Å². The van der Waals surface area contributed by atoms with Crippen LogP contribution in [0.2, 0.25) is 0 Å². The van der Waals surface area contributed by atoms with Crippen molar-refractivity contribution in [1.29, 1.82) is 0 Å². The highest BCUT2D eigenvalue weighted by Crippen LogP contribution is 2.06. The van der Waals surface area contributed by atoms with Crippen LogP contribution in [0.15, 0.2) is 48.6 Å². The molecule has 4 nitrogen and oxygen atoms in total. The van der Waals surface area contributed by atoms with E-state index in [4.69, 9.17) is 0 Å². The first kappa shape index (κ1) is 15.7. The molecule has 0 radical (unpaired) electrons. The highest BCUT2D eigenvalue weighted by molar-refractivity contribution is 5.94. The minimum absolute atomic E-state index is 0.131. The second kappa shape index (κ2) is 8.69. The van der Waals surface area contributed by atoms with Crippen molar-refractivity contribution in [1.82, 2.24) is 5.32 Å². The van der Waals surface area contributed by atoms with Crippen molar-refractivity contribution in [2.75, 3.05) is 13.7 Å². The van der Waals surface area contributed by atoms with Gasteiger partial charge >= 0.3 is 5.97 Å². The van der Waals surface area contributed by atoms with Gasteiger partial charge in [0.1, 0.15) is 6.54 Å². The van der Waals surface area contributed by atoms with Gasteiger partial charge in [-0.1, -0.05) is 49.1 Å². The van der Waals surface area contributed by atoms with Gasteiger partial charge in [-0.3, -0.25) is 9.59 Å². The Morgan fingerprint density at radius 2 is 2.00 bits per heavy atom. The maximum atomic E-state index is 11.6. The van der Waals surface area contributed by atoms with E-state index in [1.807, 2.05) is 42.5 Å². The second-order valence-corrected chi connectivity index (χ2v) is 4.21. The van der Waals surface area contributed by atoms with Gasteiger partial charge in [0, 0.05) is 5.57 Å². The van der Waals surface area contributed by atoms with Crippen LogP contribution in [0, 0.1) is 0 Å². The lowest BCUT2D eigenvalue weighted by atomic mass is 10.1. The lowest BCUT2D eigenvalue weighted by molar-refractivity contribution is -0.140. The Morgan fingerprint density at radius 1 is 1.30 bits per heavy atom. The molecular formula is C16H19NO3. The average molecular weight is 273 g/mol. The minimum atomic E-state index is -0.477. The zero-order valence-electron chi connectivity index (χ0n) is 11.6. The third-order valence-electron chi connectivity index (χ3n) is 2.66. The molecule has 1 N–H and O–H groups in total. The molecule has 0 aromatic heterocycles. The number of hydrogen-bond acceptors (Lipinski definition) is 3. The highest BCUT2D eigenvalue weighted by Gasteiger charge is 2.07. The summed E-state index contributed by atoms with van der Waals surface area (Å²) >= 11 is 0. The fourth-order valence-electron chi connectivity index (χ4n) is 1.50. The number of esters is 1. The molecule has 0 spiro atoms. The molecule has 4 heteroatoms. The fraction of sp³-hybridized carbons (Fsp3) is 0.250. The van der Waals surface area contributed by atoms with E-state index in [9.17, 15) is 9.59 Å². The molecule has 106 valence electrons. The van der Waals surface area contributed by atoms with Crippen LogP contribution in [-0.4, -0.2) is 25.5 Å². The summed E-state index contributed by atoms with van der Waals surface area (Å²) in [7, 11) is 1.28. The Hall–Kier alpha value is -2.36. The summed E-state index contributed by atoms with van der Waals surface area (Å²) in [6.45, 7) is 3.57. The Balaban J connectivity index is 2.27. The van der Waals surface area contributed by atoms with E-state index in [1.54, 1.807) is 0 Å². The molecule has 0 fully saturated rings. The standard InChI is InChI=1S/C16H19NO3/c1-13(16(19)17-12-15(18)20-2)8-6-7-11-14-9-4-3-5-10-14/h3-5,7,9-11H,1,6,8,12H2,2H3,(H,17,19)/b11-7+. The van der Waals surface area contributed by atoms with E-state index in [1.165, 1.54) is 7.11 Å². The Bertz CT molecular complexity index is 492. The van der Waals surface area contributed by atoms with Crippen molar-refractivity contribution in [3.05, 3.63) is 54.1 Å². The minimum Gasteiger partial charge on any atom is -0.468 e. The van der Waals surface area contributed by atoms with Crippen LogP contribution in [0.3, 0.4) is 0 Å². The van der Waals surface area contributed by atoms with Crippen LogP contribution in [0.5, 0.6) is 0 Å². The van der Waals surface area contributed by atoms with Gasteiger partial charge in [-0.2, -0.15) is 0 Å². The Morgan fingerprint density at radius 3 is 2.65 bits per heavy atom. The van der Waals surface area contributed by atoms with Crippen molar-refractivity contribution in [2.45, 2.75) is 12.8 Å².